The SMILES string of the molecule is COc1ccc2c(c1)nn1c(O[C@@H]3C[C@H]4C(=O)N[C@]5(C(=O)NS(=O)(=O)C6CC6)C[C@H]5/C=C\CCCCC[C@H](NC(=O)OC5CCCC5)C(=O)N4C3)cc(-c3ccc(C)cc3)nc21. The van der Waals surface area contributed by atoms with Crippen LogP contribution in [0, 0.1) is 12.8 Å². The molecule has 3 aliphatic carbocycles. The number of hydrogen-bond donors (Lipinski definition) is 3. The lowest BCUT2D eigenvalue weighted by Gasteiger charge is -2.30. The highest BCUT2D eigenvalue weighted by atomic mass is 32.2. The van der Waals surface area contributed by atoms with Crippen molar-refractivity contribution in [3.05, 3.63) is 66.2 Å². The fraction of sp³-hybridized carbons (Fsp3) is 0.511. The third-order valence-corrected chi connectivity index (χ3v) is 14.7. The number of allylic oxidation sites excluding steroid dienone is 1. The molecule has 17 heteroatoms. The van der Waals surface area contributed by atoms with Gasteiger partial charge in [-0.25, -0.2) is 18.2 Å². The molecule has 4 amide bonds. The predicted molar refractivity (Wildman–Crippen MR) is 229 cm³/mol. The van der Waals surface area contributed by atoms with Crippen LogP contribution in [0.4, 0.5) is 4.79 Å². The number of methoxy groups -OCH3 is 1. The third-order valence-electron chi connectivity index (χ3n) is 12.9. The van der Waals surface area contributed by atoms with Crippen LogP contribution in [0.25, 0.3) is 27.8 Å². The molecular formula is C45H53N7O9S. The molecule has 3 N–H and O–H groups in total. The minimum atomic E-state index is -3.92. The summed E-state index contributed by atoms with van der Waals surface area (Å²) in [6.07, 6.45) is 9.99. The monoisotopic (exact) mass is 867 g/mol. The number of ether oxygens (including phenoxy) is 3. The summed E-state index contributed by atoms with van der Waals surface area (Å²) in [5.41, 5.74) is 2.18. The Hall–Kier alpha value is -5.71. The summed E-state index contributed by atoms with van der Waals surface area (Å²) in [5.74, 6) is -1.40. The first-order chi connectivity index (χ1) is 29.9. The van der Waals surface area contributed by atoms with Gasteiger partial charge in [-0.15, -0.1) is 0 Å². The third kappa shape index (κ3) is 8.55. The van der Waals surface area contributed by atoms with E-state index in [1.165, 1.54) is 4.90 Å². The van der Waals surface area contributed by atoms with Crippen molar-refractivity contribution in [2.45, 2.75) is 125 Å². The normalized spacial score (nSPS) is 26.5. The molecule has 328 valence electrons. The molecule has 2 aromatic carbocycles. The van der Waals surface area contributed by atoms with Gasteiger partial charge < -0.3 is 29.7 Å². The molecule has 4 heterocycles. The molecule has 5 atom stereocenters. The van der Waals surface area contributed by atoms with Crippen molar-refractivity contribution in [1.29, 1.82) is 0 Å². The Bertz CT molecular complexity index is 2530. The van der Waals surface area contributed by atoms with Crippen LogP contribution >= 0.6 is 0 Å². The van der Waals surface area contributed by atoms with Crippen LogP contribution in [0.5, 0.6) is 11.6 Å². The van der Waals surface area contributed by atoms with Crippen LogP contribution in [0.15, 0.2) is 60.7 Å². The molecule has 9 rings (SSSR count). The van der Waals surface area contributed by atoms with E-state index in [0.717, 1.165) is 55.0 Å². The number of fused-ring (bicyclic) bond motifs is 5. The Labute approximate surface area is 360 Å². The first kappa shape index (κ1) is 41.6. The minimum absolute atomic E-state index is 0.0215. The van der Waals surface area contributed by atoms with E-state index in [0.29, 0.717) is 60.6 Å². The van der Waals surface area contributed by atoms with Gasteiger partial charge in [-0.05, 0) is 83.3 Å². The van der Waals surface area contributed by atoms with Crippen LogP contribution in [0.1, 0.15) is 89.0 Å². The Balaban J connectivity index is 1.06. The topological polar surface area (TPSA) is 200 Å². The van der Waals surface area contributed by atoms with Crippen LogP contribution in [0.3, 0.4) is 0 Å². The zero-order valence-corrected chi connectivity index (χ0v) is 35.8. The van der Waals surface area contributed by atoms with Gasteiger partial charge in [0.25, 0.3) is 5.91 Å². The zero-order chi connectivity index (χ0) is 43.2. The van der Waals surface area contributed by atoms with Crippen molar-refractivity contribution in [2.24, 2.45) is 5.92 Å². The maximum Gasteiger partial charge on any atom is 0.408 e. The molecule has 4 aromatic rings. The van der Waals surface area contributed by atoms with Crippen molar-refractivity contribution >= 4 is 50.4 Å². The molecule has 0 spiro atoms. The van der Waals surface area contributed by atoms with Gasteiger partial charge in [-0.1, -0.05) is 54.8 Å². The average Bonchev–Trinajstić information content (AvgIpc) is 4.07. The van der Waals surface area contributed by atoms with Gasteiger partial charge >= 0.3 is 6.09 Å². The Morgan fingerprint density at radius 2 is 1.71 bits per heavy atom. The van der Waals surface area contributed by atoms with E-state index in [1.54, 1.807) is 17.7 Å². The van der Waals surface area contributed by atoms with Crippen molar-refractivity contribution in [1.82, 2.24) is 34.9 Å². The molecule has 1 saturated heterocycles. The number of sulfonamides is 1. The highest BCUT2D eigenvalue weighted by Gasteiger charge is 2.62. The Kier molecular flexibility index (Phi) is 11.3. The highest BCUT2D eigenvalue weighted by Crippen LogP contribution is 2.46. The minimum Gasteiger partial charge on any atom is -0.497 e. The second-order valence-corrected chi connectivity index (χ2v) is 19.4. The number of alkyl carbamates (subject to hydrolysis) is 1. The van der Waals surface area contributed by atoms with E-state index in [2.05, 4.69) is 15.4 Å². The molecule has 5 aliphatic rings. The largest absolute Gasteiger partial charge is 0.497 e. The smallest absolute Gasteiger partial charge is 0.408 e. The van der Waals surface area contributed by atoms with Gasteiger partial charge in [0.1, 0.15) is 35.6 Å². The number of hydrogen-bond acceptors (Lipinski definition) is 11. The molecule has 2 aromatic heterocycles. The molecule has 0 unspecified atom stereocenters. The maximum atomic E-state index is 14.8. The van der Waals surface area contributed by atoms with Gasteiger partial charge in [-0.2, -0.15) is 9.61 Å². The number of carbonyl (C=O) groups excluding carboxylic acids is 4. The van der Waals surface area contributed by atoms with Gasteiger partial charge in [0.05, 0.1) is 30.1 Å². The Morgan fingerprint density at radius 3 is 2.47 bits per heavy atom. The van der Waals surface area contributed by atoms with Crippen LogP contribution < -0.4 is 24.8 Å². The second kappa shape index (κ2) is 16.9. The second-order valence-electron chi connectivity index (χ2n) is 17.5. The number of carbonyl (C=O) groups is 4. The molecule has 2 aliphatic heterocycles. The van der Waals surface area contributed by atoms with E-state index >= 15 is 0 Å². The fourth-order valence-corrected chi connectivity index (χ4v) is 10.4. The molecule has 16 nitrogen and oxygen atoms in total. The summed E-state index contributed by atoms with van der Waals surface area (Å²) in [6, 6.07) is 13.1. The summed E-state index contributed by atoms with van der Waals surface area (Å²) in [7, 11) is -2.34. The van der Waals surface area contributed by atoms with E-state index in [9.17, 15) is 27.6 Å². The molecule has 4 fully saturated rings. The number of amides is 4. The Morgan fingerprint density at radius 1 is 0.935 bits per heavy atom. The lowest BCUT2D eigenvalue weighted by molar-refractivity contribution is -0.141. The summed E-state index contributed by atoms with van der Waals surface area (Å²) in [5, 5.41) is 10.7. The summed E-state index contributed by atoms with van der Waals surface area (Å²) >= 11 is 0. The lowest BCUT2D eigenvalue weighted by atomic mass is 10.0. The summed E-state index contributed by atoms with van der Waals surface area (Å²) in [4.78, 5) is 63.1. The lowest BCUT2D eigenvalue weighted by Crippen LogP contribution is -2.58. The molecule has 0 radical (unpaired) electrons. The highest BCUT2D eigenvalue weighted by molar-refractivity contribution is 7.91. The standard InChI is InChI=1S/C45H53N7O9S/c1-27-14-16-28(17-15-27)36-24-39(52-40(46-36)34-21-18-31(59-2)22-37(34)49-52)60-32-23-38-41(53)48-45(43(55)50-62(57,58)33-19-20-33)25-29(45)10-6-4-3-5-7-13-35(42(54)51(38)26-32)47-44(56)61-30-11-8-9-12-30/h6,10,14-18,21-22,24,29-30,32-33,35,38H,3-5,7-9,11-13,19-20,23,25-26H2,1-2H3,(H,47,56)(H,48,53)(H,50,55)/b10-6-/t29-,32-,35+,38+,45-/m1/s1. The number of nitrogens with zero attached hydrogens (tertiary/aromatic N) is 4. The maximum absolute atomic E-state index is 14.8. The van der Waals surface area contributed by atoms with E-state index in [4.69, 9.17) is 24.3 Å². The molecule has 0 bridgehead atoms. The summed E-state index contributed by atoms with van der Waals surface area (Å²) in [6.45, 7) is 1.97. The number of benzene rings is 2. The predicted octanol–water partition coefficient (Wildman–Crippen LogP) is 5.26. The first-order valence-electron chi connectivity index (χ1n) is 21.8. The van der Waals surface area contributed by atoms with E-state index < -0.39 is 68.7 Å². The van der Waals surface area contributed by atoms with Crippen LogP contribution in [0.2, 0.25) is 0 Å². The van der Waals surface area contributed by atoms with E-state index in [-0.39, 0.29) is 25.5 Å². The number of rotatable bonds is 9. The number of aryl methyl sites for hydroxylation is 1. The van der Waals surface area contributed by atoms with Crippen molar-refractivity contribution in [2.75, 3.05) is 13.7 Å². The number of nitrogens with one attached hydrogen (secondary N) is 3. The van der Waals surface area contributed by atoms with Gasteiger partial charge in [-0.3, -0.25) is 19.1 Å². The van der Waals surface area contributed by atoms with Crippen LogP contribution in [-0.2, 0) is 29.1 Å². The quantitative estimate of drug-likeness (QED) is 0.186. The van der Waals surface area contributed by atoms with Crippen molar-refractivity contribution in [3.63, 3.8) is 0 Å². The molecular weight excluding hydrogens is 815 g/mol. The number of aromatic nitrogens is 3. The summed E-state index contributed by atoms with van der Waals surface area (Å²) < 4.78 is 47.8. The van der Waals surface area contributed by atoms with Gasteiger partial charge in [0, 0.05) is 35.4 Å². The van der Waals surface area contributed by atoms with Gasteiger partial charge in [0.15, 0.2) is 5.65 Å². The van der Waals surface area contributed by atoms with Gasteiger partial charge in [0.2, 0.25) is 27.7 Å². The van der Waals surface area contributed by atoms with E-state index in [1.807, 2.05) is 61.5 Å². The van der Waals surface area contributed by atoms with Crippen molar-refractivity contribution in [3.8, 4) is 22.9 Å². The van der Waals surface area contributed by atoms with Crippen molar-refractivity contribution < 1.29 is 41.8 Å². The first-order valence-corrected chi connectivity index (χ1v) is 23.4. The zero-order valence-electron chi connectivity index (χ0n) is 35.0. The average molecular weight is 868 g/mol. The molecule has 3 saturated carbocycles. The fourth-order valence-electron chi connectivity index (χ4n) is 9.07. The molecule has 62 heavy (non-hydrogen) atoms. The van der Waals surface area contributed by atoms with Crippen LogP contribution in [-0.4, -0.2) is 100 Å².